The Morgan fingerprint density at radius 1 is 0.650 bits per heavy atom. The van der Waals surface area contributed by atoms with Gasteiger partial charge < -0.3 is 24.1 Å². The van der Waals surface area contributed by atoms with Crippen LogP contribution in [0.2, 0.25) is 0 Å². The maximum Gasteiger partial charge on any atom is 0.0701 e. The second-order valence-corrected chi connectivity index (χ2v) is 4.26. The molecule has 0 bridgehead atoms. The molecule has 0 aromatic carbocycles. The molecular weight excluding hydrogens is 260 g/mol. The minimum Gasteiger partial charge on any atom is -0.394 e. The Morgan fingerprint density at radius 2 is 1.10 bits per heavy atom. The van der Waals surface area contributed by atoms with Crippen molar-refractivity contribution < 1.29 is 24.1 Å². The predicted molar refractivity (Wildman–Crippen MR) is 81.2 cm³/mol. The van der Waals surface area contributed by atoms with Crippen LogP contribution in [0, 0.1) is 0 Å². The van der Waals surface area contributed by atoms with Crippen molar-refractivity contribution in [3.8, 4) is 0 Å². The first-order chi connectivity index (χ1) is 9.83. The summed E-state index contributed by atoms with van der Waals surface area (Å²) in [5, 5.41) is 8.34. The number of aliphatic hydroxyl groups is 1. The fraction of sp³-hybridized carbons (Fsp3) is 1.00. The standard InChI is InChI=1S/C8H18O3.C7H16O2/c1-2-3-5-10-7-8-11-6-4-9;1-3-4-5-9-7-6-8-2/h9H,2-8H2,1H3;3-7H2,1-2H3. The van der Waals surface area contributed by atoms with Crippen molar-refractivity contribution in [3.63, 3.8) is 0 Å². The van der Waals surface area contributed by atoms with Crippen molar-refractivity contribution in [3.05, 3.63) is 0 Å². The van der Waals surface area contributed by atoms with Gasteiger partial charge in [0.1, 0.15) is 0 Å². The van der Waals surface area contributed by atoms with E-state index >= 15 is 0 Å². The van der Waals surface area contributed by atoms with Crippen LogP contribution in [0.5, 0.6) is 0 Å². The number of hydrogen-bond acceptors (Lipinski definition) is 5. The Bertz CT molecular complexity index is 130. The van der Waals surface area contributed by atoms with E-state index in [1.54, 1.807) is 7.11 Å². The summed E-state index contributed by atoms with van der Waals surface area (Å²) < 4.78 is 20.2. The van der Waals surface area contributed by atoms with Gasteiger partial charge in [-0.2, -0.15) is 0 Å². The van der Waals surface area contributed by atoms with Gasteiger partial charge in [0.25, 0.3) is 0 Å². The fourth-order valence-electron chi connectivity index (χ4n) is 1.12. The molecule has 5 nitrogen and oxygen atoms in total. The third-order valence-corrected chi connectivity index (χ3v) is 2.32. The summed E-state index contributed by atoms with van der Waals surface area (Å²) in [7, 11) is 1.68. The van der Waals surface area contributed by atoms with E-state index in [-0.39, 0.29) is 6.61 Å². The Labute approximate surface area is 124 Å². The second-order valence-electron chi connectivity index (χ2n) is 4.26. The number of hydrogen-bond donors (Lipinski definition) is 1. The maximum absolute atomic E-state index is 8.34. The molecule has 0 aromatic rings. The van der Waals surface area contributed by atoms with Gasteiger partial charge in [-0.15, -0.1) is 0 Å². The molecule has 0 saturated heterocycles. The van der Waals surface area contributed by atoms with E-state index in [1.807, 2.05) is 0 Å². The first-order valence-electron chi connectivity index (χ1n) is 7.66. The first-order valence-corrected chi connectivity index (χ1v) is 7.66. The Kier molecular flexibility index (Phi) is 26.4. The molecule has 20 heavy (non-hydrogen) atoms. The molecule has 5 heteroatoms. The molecule has 0 aliphatic rings. The zero-order chi connectivity index (χ0) is 15.3. The summed E-state index contributed by atoms with van der Waals surface area (Å²) in [6, 6.07) is 0. The van der Waals surface area contributed by atoms with Gasteiger partial charge in [-0.1, -0.05) is 26.7 Å². The summed E-state index contributed by atoms with van der Waals surface area (Å²) in [4.78, 5) is 0. The highest BCUT2D eigenvalue weighted by Gasteiger charge is 1.87. The van der Waals surface area contributed by atoms with Gasteiger partial charge >= 0.3 is 0 Å². The quantitative estimate of drug-likeness (QED) is 0.498. The average molecular weight is 294 g/mol. The molecule has 0 rings (SSSR count). The smallest absolute Gasteiger partial charge is 0.0701 e. The average Bonchev–Trinajstić information content (AvgIpc) is 2.47. The third kappa shape index (κ3) is 26.4. The monoisotopic (exact) mass is 294 g/mol. The van der Waals surface area contributed by atoms with Crippen LogP contribution in [-0.4, -0.2) is 65.1 Å². The molecule has 0 unspecified atom stereocenters. The van der Waals surface area contributed by atoms with Crippen molar-refractivity contribution in [1.29, 1.82) is 0 Å². The normalized spacial score (nSPS) is 10.2. The van der Waals surface area contributed by atoms with Crippen LogP contribution in [0.25, 0.3) is 0 Å². The summed E-state index contributed by atoms with van der Waals surface area (Å²) in [6.07, 6.45) is 4.63. The Hall–Kier alpha value is -0.200. The van der Waals surface area contributed by atoms with Crippen LogP contribution in [0.3, 0.4) is 0 Å². The van der Waals surface area contributed by atoms with Gasteiger partial charge in [-0.25, -0.2) is 0 Å². The molecule has 1 N–H and O–H groups in total. The summed E-state index contributed by atoms with van der Waals surface area (Å²) in [5.74, 6) is 0. The van der Waals surface area contributed by atoms with Crippen LogP contribution in [0.4, 0.5) is 0 Å². The van der Waals surface area contributed by atoms with E-state index < -0.39 is 0 Å². The molecule has 0 radical (unpaired) electrons. The highest BCUT2D eigenvalue weighted by atomic mass is 16.5. The summed E-state index contributed by atoms with van der Waals surface area (Å²) >= 11 is 0. The lowest BCUT2D eigenvalue weighted by Crippen LogP contribution is -2.07. The minimum atomic E-state index is 0.0922. The van der Waals surface area contributed by atoms with E-state index in [0.717, 1.165) is 39.1 Å². The molecule has 0 heterocycles. The van der Waals surface area contributed by atoms with Crippen LogP contribution >= 0.6 is 0 Å². The zero-order valence-electron chi connectivity index (χ0n) is 13.6. The van der Waals surface area contributed by atoms with Gasteiger partial charge in [0, 0.05) is 20.3 Å². The number of ether oxygens (including phenoxy) is 4. The van der Waals surface area contributed by atoms with E-state index in [1.165, 1.54) is 6.42 Å². The van der Waals surface area contributed by atoms with Gasteiger partial charge in [-0.3, -0.25) is 0 Å². The number of rotatable bonds is 14. The van der Waals surface area contributed by atoms with Gasteiger partial charge in [0.05, 0.1) is 39.6 Å². The van der Waals surface area contributed by atoms with E-state index in [2.05, 4.69) is 13.8 Å². The molecule has 0 aliphatic carbocycles. The molecule has 0 fully saturated rings. The van der Waals surface area contributed by atoms with Gasteiger partial charge in [0.2, 0.25) is 0 Å². The topological polar surface area (TPSA) is 57.2 Å². The van der Waals surface area contributed by atoms with Crippen LogP contribution in [0.1, 0.15) is 39.5 Å². The number of methoxy groups -OCH3 is 1. The molecule has 0 aliphatic heterocycles. The van der Waals surface area contributed by atoms with E-state index in [9.17, 15) is 0 Å². The van der Waals surface area contributed by atoms with Crippen molar-refractivity contribution >= 4 is 0 Å². The molecular formula is C15H34O5. The second kappa shape index (κ2) is 23.9. The van der Waals surface area contributed by atoms with Crippen LogP contribution < -0.4 is 0 Å². The summed E-state index contributed by atoms with van der Waals surface area (Å²) in [5.41, 5.74) is 0. The molecule has 0 atom stereocenters. The van der Waals surface area contributed by atoms with Crippen molar-refractivity contribution in [2.24, 2.45) is 0 Å². The van der Waals surface area contributed by atoms with Crippen LogP contribution in [-0.2, 0) is 18.9 Å². The van der Waals surface area contributed by atoms with Gasteiger partial charge in [0.15, 0.2) is 0 Å². The van der Waals surface area contributed by atoms with E-state index in [4.69, 9.17) is 24.1 Å². The largest absolute Gasteiger partial charge is 0.394 e. The van der Waals surface area contributed by atoms with Crippen molar-refractivity contribution in [2.45, 2.75) is 39.5 Å². The lowest BCUT2D eigenvalue weighted by atomic mass is 10.4. The third-order valence-electron chi connectivity index (χ3n) is 2.32. The van der Waals surface area contributed by atoms with Crippen molar-refractivity contribution in [1.82, 2.24) is 0 Å². The maximum atomic E-state index is 8.34. The molecule has 0 saturated carbocycles. The minimum absolute atomic E-state index is 0.0922. The molecule has 0 amide bonds. The molecule has 0 aromatic heterocycles. The molecule has 124 valence electrons. The highest BCUT2D eigenvalue weighted by Crippen LogP contribution is 1.87. The number of unbranched alkanes of at least 4 members (excludes halogenated alkanes) is 2. The lowest BCUT2D eigenvalue weighted by Gasteiger charge is -2.02. The SMILES string of the molecule is CCCCOCCOC.CCCCOCCOCCO. The lowest BCUT2D eigenvalue weighted by molar-refractivity contribution is 0.0324. The highest BCUT2D eigenvalue weighted by molar-refractivity contribution is 4.33. The predicted octanol–water partition coefficient (Wildman–Crippen LogP) is 2.26. The summed E-state index contributed by atoms with van der Waals surface area (Å²) in [6.45, 7) is 9.15. The Morgan fingerprint density at radius 3 is 1.50 bits per heavy atom. The fourth-order valence-corrected chi connectivity index (χ4v) is 1.12. The Balaban J connectivity index is 0. The van der Waals surface area contributed by atoms with E-state index in [0.29, 0.717) is 26.4 Å². The van der Waals surface area contributed by atoms with Crippen LogP contribution in [0.15, 0.2) is 0 Å². The number of aliphatic hydroxyl groups excluding tert-OH is 1. The zero-order valence-corrected chi connectivity index (χ0v) is 13.6. The first kappa shape index (κ1) is 22.1. The van der Waals surface area contributed by atoms with Gasteiger partial charge in [-0.05, 0) is 12.8 Å². The molecule has 0 spiro atoms. The van der Waals surface area contributed by atoms with Crippen molar-refractivity contribution in [2.75, 3.05) is 60.0 Å².